The first-order chi connectivity index (χ1) is 15.5. The molecule has 0 aliphatic heterocycles. The van der Waals surface area contributed by atoms with Gasteiger partial charge in [0.2, 0.25) is 0 Å². The van der Waals surface area contributed by atoms with Crippen molar-refractivity contribution in [2.45, 2.75) is 40.7 Å². The highest BCUT2D eigenvalue weighted by Gasteiger charge is 2.14. The number of nitrogens with one attached hydrogen (secondary N) is 2. The van der Waals surface area contributed by atoms with Crippen LogP contribution >= 0.6 is 15.9 Å². The molecule has 0 saturated heterocycles. The second kappa shape index (κ2) is 13.4. The normalized spacial score (nSPS) is 10.3. The van der Waals surface area contributed by atoms with E-state index in [1.807, 2.05) is 101 Å². The van der Waals surface area contributed by atoms with Crippen molar-refractivity contribution >= 4 is 33.3 Å². The highest BCUT2D eigenvalue weighted by Crippen LogP contribution is 2.34. The number of rotatable bonds is 7. The summed E-state index contributed by atoms with van der Waals surface area (Å²) in [7, 11) is 0. The molecule has 0 bridgehead atoms. The Morgan fingerprint density at radius 3 is 2.34 bits per heavy atom. The number of anilines is 2. The SMILES string of the molecule is C/C=C/Cc1cc(Br)cc(NC(=O)Nc2ccc(C)cc2)c1OCc1ccccc1.CC. The summed E-state index contributed by atoms with van der Waals surface area (Å²) >= 11 is 3.55. The minimum Gasteiger partial charge on any atom is -0.486 e. The molecule has 0 aliphatic rings. The van der Waals surface area contributed by atoms with Gasteiger partial charge in [-0.15, -0.1) is 0 Å². The van der Waals surface area contributed by atoms with E-state index in [1.165, 1.54) is 0 Å². The molecule has 2 amide bonds. The van der Waals surface area contributed by atoms with Gasteiger partial charge in [0.25, 0.3) is 0 Å². The fraction of sp³-hybridized carbons (Fsp3) is 0.222. The molecule has 0 aliphatic carbocycles. The van der Waals surface area contributed by atoms with Crippen LogP contribution in [0.2, 0.25) is 0 Å². The topological polar surface area (TPSA) is 50.4 Å². The van der Waals surface area contributed by atoms with Crippen LogP contribution in [-0.2, 0) is 13.0 Å². The number of carbonyl (C=O) groups excluding carboxylic acids is 1. The van der Waals surface area contributed by atoms with Gasteiger partial charge in [-0.2, -0.15) is 0 Å². The van der Waals surface area contributed by atoms with E-state index < -0.39 is 0 Å². The van der Waals surface area contributed by atoms with Crippen LogP contribution in [0.15, 0.2) is 83.4 Å². The van der Waals surface area contributed by atoms with Crippen molar-refractivity contribution in [3.05, 3.63) is 100 Å². The van der Waals surface area contributed by atoms with Gasteiger partial charge < -0.3 is 15.4 Å². The third kappa shape index (κ3) is 7.89. The lowest BCUT2D eigenvalue weighted by Gasteiger charge is -2.17. The molecule has 32 heavy (non-hydrogen) atoms. The largest absolute Gasteiger partial charge is 0.486 e. The zero-order chi connectivity index (χ0) is 23.3. The van der Waals surface area contributed by atoms with E-state index in [2.05, 4.69) is 32.6 Å². The number of hydrogen-bond donors (Lipinski definition) is 2. The zero-order valence-electron chi connectivity index (χ0n) is 19.1. The quantitative estimate of drug-likeness (QED) is 0.325. The third-order valence-corrected chi connectivity index (χ3v) is 4.95. The molecule has 3 aromatic carbocycles. The van der Waals surface area contributed by atoms with Crippen LogP contribution in [0.5, 0.6) is 5.75 Å². The minimum absolute atomic E-state index is 0.321. The lowest BCUT2D eigenvalue weighted by molar-refractivity contribution is 0.261. The van der Waals surface area contributed by atoms with Crippen LogP contribution < -0.4 is 15.4 Å². The van der Waals surface area contributed by atoms with Crippen molar-refractivity contribution < 1.29 is 9.53 Å². The fourth-order valence-electron chi connectivity index (χ4n) is 2.96. The van der Waals surface area contributed by atoms with Gasteiger partial charge in [-0.3, -0.25) is 0 Å². The van der Waals surface area contributed by atoms with Gasteiger partial charge in [0.05, 0.1) is 5.69 Å². The average Bonchev–Trinajstić information content (AvgIpc) is 2.80. The highest BCUT2D eigenvalue weighted by molar-refractivity contribution is 9.10. The van der Waals surface area contributed by atoms with Crippen molar-refractivity contribution in [1.29, 1.82) is 0 Å². The van der Waals surface area contributed by atoms with E-state index in [-0.39, 0.29) is 6.03 Å². The van der Waals surface area contributed by atoms with Crippen LogP contribution in [-0.4, -0.2) is 6.03 Å². The predicted molar refractivity (Wildman–Crippen MR) is 139 cm³/mol. The molecular weight excluding hydrogens is 464 g/mol. The smallest absolute Gasteiger partial charge is 0.323 e. The molecule has 4 nitrogen and oxygen atoms in total. The van der Waals surface area contributed by atoms with Crippen molar-refractivity contribution in [1.82, 2.24) is 0 Å². The monoisotopic (exact) mass is 494 g/mol. The van der Waals surface area contributed by atoms with E-state index in [0.717, 1.165) is 26.9 Å². The molecule has 5 heteroatoms. The van der Waals surface area contributed by atoms with Crippen molar-refractivity contribution in [2.75, 3.05) is 10.6 Å². The fourth-order valence-corrected chi connectivity index (χ4v) is 3.47. The average molecular weight is 495 g/mol. The second-order valence-electron chi connectivity index (χ2n) is 6.93. The van der Waals surface area contributed by atoms with Gasteiger partial charge in [-0.1, -0.05) is 90.0 Å². The van der Waals surface area contributed by atoms with E-state index in [4.69, 9.17) is 4.74 Å². The van der Waals surface area contributed by atoms with Gasteiger partial charge in [0.1, 0.15) is 12.4 Å². The Hall–Kier alpha value is -3.05. The van der Waals surface area contributed by atoms with Crippen molar-refractivity contribution in [3.8, 4) is 5.75 Å². The number of urea groups is 1. The van der Waals surface area contributed by atoms with Crippen LogP contribution in [0.25, 0.3) is 0 Å². The second-order valence-corrected chi connectivity index (χ2v) is 7.85. The Balaban J connectivity index is 0.00000176. The third-order valence-electron chi connectivity index (χ3n) is 4.49. The number of amides is 2. The predicted octanol–water partition coefficient (Wildman–Crippen LogP) is 8.13. The Morgan fingerprint density at radius 1 is 1.00 bits per heavy atom. The summed E-state index contributed by atoms with van der Waals surface area (Å²) in [6.45, 7) is 8.41. The molecule has 168 valence electrons. The summed E-state index contributed by atoms with van der Waals surface area (Å²) in [5.74, 6) is 0.666. The lowest BCUT2D eigenvalue weighted by atomic mass is 10.1. The van der Waals surface area contributed by atoms with Crippen molar-refractivity contribution in [2.24, 2.45) is 0 Å². The van der Waals surface area contributed by atoms with Gasteiger partial charge in [-0.25, -0.2) is 4.79 Å². The summed E-state index contributed by atoms with van der Waals surface area (Å²) in [5, 5.41) is 5.80. The summed E-state index contributed by atoms with van der Waals surface area (Å²) < 4.78 is 7.05. The molecule has 0 radical (unpaired) electrons. The Morgan fingerprint density at radius 2 is 1.69 bits per heavy atom. The maximum atomic E-state index is 12.6. The highest BCUT2D eigenvalue weighted by atomic mass is 79.9. The van der Waals surface area contributed by atoms with Gasteiger partial charge in [0.15, 0.2) is 0 Å². The number of carbonyl (C=O) groups is 1. The number of ether oxygens (including phenoxy) is 1. The van der Waals surface area contributed by atoms with Crippen molar-refractivity contribution in [3.63, 3.8) is 0 Å². The number of aryl methyl sites for hydroxylation is 1. The molecule has 2 N–H and O–H groups in total. The van der Waals surface area contributed by atoms with E-state index >= 15 is 0 Å². The van der Waals surface area contributed by atoms with E-state index in [0.29, 0.717) is 24.5 Å². The summed E-state index contributed by atoms with van der Waals surface area (Å²) in [4.78, 5) is 12.6. The molecule has 3 aromatic rings. The molecular formula is C27H31BrN2O2. The first kappa shape index (κ1) is 25.2. The first-order valence-corrected chi connectivity index (χ1v) is 11.6. The molecule has 0 fully saturated rings. The summed E-state index contributed by atoms with van der Waals surface area (Å²) in [5.41, 5.74) is 4.54. The molecule has 0 spiro atoms. The molecule has 0 aromatic heterocycles. The molecule has 0 heterocycles. The maximum Gasteiger partial charge on any atom is 0.323 e. The standard InChI is InChI=1S/C25H25BrN2O2.C2H6/c1-3-4-10-20-15-21(26)16-23(24(20)30-17-19-8-6-5-7-9-19)28-25(29)27-22-13-11-18(2)12-14-22;1-2/h3-9,11-16H,10,17H2,1-2H3,(H2,27,28,29);1-2H3/b4-3+;. The van der Waals surface area contributed by atoms with Gasteiger partial charge in [-0.05, 0) is 50.1 Å². The number of hydrogen-bond acceptors (Lipinski definition) is 2. The molecule has 3 rings (SSSR count). The van der Waals surface area contributed by atoms with Gasteiger partial charge in [0, 0.05) is 15.7 Å². The van der Waals surface area contributed by atoms with Crippen LogP contribution in [0, 0.1) is 6.92 Å². The summed E-state index contributed by atoms with van der Waals surface area (Å²) in [6, 6.07) is 21.2. The lowest BCUT2D eigenvalue weighted by Crippen LogP contribution is -2.20. The van der Waals surface area contributed by atoms with E-state index in [1.54, 1.807) is 0 Å². The van der Waals surface area contributed by atoms with Crippen LogP contribution in [0.4, 0.5) is 16.2 Å². The zero-order valence-corrected chi connectivity index (χ0v) is 20.7. The Bertz CT molecular complexity index is 1020. The van der Waals surface area contributed by atoms with Crippen LogP contribution in [0.1, 0.15) is 37.5 Å². The first-order valence-electron chi connectivity index (χ1n) is 10.8. The molecule has 0 atom stereocenters. The Labute approximate surface area is 199 Å². The number of halogens is 1. The van der Waals surface area contributed by atoms with E-state index in [9.17, 15) is 4.79 Å². The van der Waals surface area contributed by atoms with Gasteiger partial charge >= 0.3 is 6.03 Å². The number of benzene rings is 3. The number of allylic oxidation sites excluding steroid dienone is 2. The Kier molecular flexibility index (Phi) is 10.5. The van der Waals surface area contributed by atoms with Crippen LogP contribution in [0.3, 0.4) is 0 Å². The molecule has 0 saturated carbocycles. The minimum atomic E-state index is -0.321. The summed E-state index contributed by atoms with van der Waals surface area (Å²) in [6.07, 6.45) is 4.76. The molecule has 0 unspecified atom stereocenters. The maximum absolute atomic E-state index is 12.6.